The number of benzene rings is 1. The SMILES string of the molecule is CCCOc1cc(C)c(CC(N)CC)cc1C. The maximum Gasteiger partial charge on any atom is 0.122 e. The molecule has 1 aromatic rings. The highest BCUT2D eigenvalue weighted by Gasteiger charge is 2.08. The van der Waals surface area contributed by atoms with Crippen LogP contribution in [0.2, 0.25) is 0 Å². The quantitative estimate of drug-likeness (QED) is 0.820. The third-order valence-corrected chi connectivity index (χ3v) is 3.10. The molecular formula is C15H25NO. The number of hydrogen-bond donors (Lipinski definition) is 1. The standard InChI is InChI=1S/C15H25NO/c1-5-7-17-15-9-11(3)13(8-12(15)4)10-14(16)6-2/h8-9,14H,5-7,10,16H2,1-4H3. The Bertz CT molecular complexity index is 360. The van der Waals surface area contributed by atoms with Crippen LogP contribution in [0.15, 0.2) is 12.1 Å². The summed E-state index contributed by atoms with van der Waals surface area (Å²) in [6.07, 6.45) is 3.02. The van der Waals surface area contributed by atoms with E-state index in [-0.39, 0.29) is 6.04 Å². The minimum absolute atomic E-state index is 0.260. The van der Waals surface area contributed by atoms with Gasteiger partial charge in [0.05, 0.1) is 6.61 Å². The summed E-state index contributed by atoms with van der Waals surface area (Å²) >= 11 is 0. The number of hydrogen-bond acceptors (Lipinski definition) is 2. The lowest BCUT2D eigenvalue weighted by molar-refractivity contribution is 0.315. The number of aryl methyl sites for hydroxylation is 2. The monoisotopic (exact) mass is 235 g/mol. The van der Waals surface area contributed by atoms with E-state index in [4.69, 9.17) is 10.5 Å². The molecular weight excluding hydrogens is 210 g/mol. The summed E-state index contributed by atoms with van der Waals surface area (Å²) in [5, 5.41) is 0. The van der Waals surface area contributed by atoms with Crippen LogP contribution in [0.4, 0.5) is 0 Å². The van der Waals surface area contributed by atoms with Crippen LogP contribution in [-0.2, 0) is 6.42 Å². The van der Waals surface area contributed by atoms with Crippen molar-refractivity contribution in [1.29, 1.82) is 0 Å². The number of ether oxygens (including phenoxy) is 1. The minimum Gasteiger partial charge on any atom is -0.493 e. The first kappa shape index (κ1) is 14.0. The predicted molar refractivity (Wildman–Crippen MR) is 73.7 cm³/mol. The molecule has 1 rings (SSSR count). The van der Waals surface area contributed by atoms with Gasteiger partial charge in [0, 0.05) is 6.04 Å². The topological polar surface area (TPSA) is 35.2 Å². The third-order valence-electron chi connectivity index (χ3n) is 3.10. The van der Waals surface area contributed by atoms with E-state index in [2.05, 4.69) is 39.8 Å². The van der Waals surface area contributed by atoms with E-state index >= 15 is 0 Å². The van der Waals surface area contributed by atoms with Crippen LogP contribution in [0, 0.1) is 13.8 Å². The normalized spacial score (nSPS) is 12.5. The van der Waals surface area contributed by atoms with Crippen LogP contribution in [0.1, 0.15) is 43.4 Å². The van der Waals surface area contributed by atoms with Crippen LogP contribution < -0.4 is 10.5 Å². The maximum absolute atomic E-state index is 6.01. The molecule has 0 aromatic heterocycles. The highest BCUT2D eigenvalue weighted by atomic mass is 16.5. The molecule has 1 atom stereocenters. The molecule has 0 aliphatic rings. The average Bonchev–Trinajstić information content (AvgIpc) is 2.31. The van der Waals surface area contributed by atoms with Gasteiger partial charge in [0.2, 0.25) is 0 Å². The molecule has 0 aliphatic carbocycles. The molecule has 1 aromatic carbocycles. The van der Waals surface area contributed by atoms with Crippen molar-refractivity contribution in [2.24, 2.45) is 5.73 Å². The Kier molecular flexibility index (Phi) is 5.49. The zero-order valence-electron chi connectivity index (χ0n) is 11.5. The molecule has 0 saturated carbocycles. The largest absolute Gasteiger partial charge is 0.493 e. The summed E-state index contributed by atoms with van der Waals surface area (Å²) < 4.78 is 5.72. The molecule has 0 fully saturated rings. The highest BCUT2D eigenvalue weighted by Crippen LogP contribution is 2.24. The Morgan fingerprint density at radius 2 is 1.88 bits per heavy atom. The van der Waals surface area contributed by atoms with Gasteiger partial charge in [-0.25, -0.2) is 0 Å². The van der Waals surface area contributed by atoms with Crippen molar-refractivity contribution in [2.45, 2.75) is 53.0 Å². The first-order chi connectivity index (χ1) is 8.08. The molecule has 2 N–H and O–H groups in total. The first-order valence-corrected chi connectivity index (χ1v) is 6.57. The van der Waals surface area contributed by atoms with E-state index in [0.717, 1.165) is 31.6 Å². The van der Waals surface area contributed by atoms with Crippen molar-refractivity contribution in [3.05, 3.63) is 28.8 Å². The Morgan fingerprint density at radius 3 is 2.47 bits per heavy atom. The van der Waals surface area contributed by atoms with Gasteiger partial charge >= 0.3 is 0 Å². The zero-order chi connectivity index (χ0) is 12.8. The van der Waals surface area contributed by atoms with Crippen molar-refractivity contribution in [3.8, 4) is 5.75 Å². The van der Waals surface area contributed by atoms with Gasteiger partial charge in [0.15, 0.2) is 0 Å². The number of nitrogens with two attached hydrogens (primary N) is 1. The fraction of sp³-hybridized carbons (Fsp3) is 0.600. The first-order valence-electron chi connectivity index (χ1n) is 6.57. The lowest BCUT2D eigenvalue weighted by atomic mass is 9.97. The van der Waals surface area contributed by atoms with Crippen molar-refractivity contribution >= 4 is 0 Å². The molecule has 0 spiro atoms. The Morgan fingerprint density at radius 1 is 1.18 bits per heavy atom. The summed E-state index contributed by atoms with van der Waals surface area (Å²) in [5.74, 6) is 1.01. The fourth-order valence-corrected chi connectivity index (χ4v) is 1.86. The molecule has 2 nitrogen and oxygen atoms in total. The van der Waals surface area contributed by atoms with Gasteiger partial charge in [-0.05, 0) is 55.9 Å². The molecule has 0 aliphatic heterocycles. The third kappa shape index (κ3) is 4.04. The Balaban J connectivity index is 2.85. The molecule has 1 unspecified atom stereocenters. The van der Waals surface area contributed by atoms with Gasteiger partial charge in [-0.1, -0.05) is 19.9 Å². The molecule has 0 saturated heterocycles. The Hall–Kier alpha value is -1.02. The van der Waals surface area contributed by atoms with E-state index in [9.17, 15) is 0 Å². The fourth-order valence-electron chi connectivity index (χ4n) is 1.86. The van der Waals surface area contributed by atoms with Gasteiger partial charge in [0.25, 0.3) is 0 Å². The molecule has 0 amide bonds. The summed E-state index contributed by atoms with van der Waals surface area (Å²) in [4.78, 5) is 0. The van der Waals surface area contributed by atoms with E-state index < -0.39 is 0 Å². The van der Waals surface area contributed by atoms with Gasteiger partial charge in [-0.3, -0.25) is 0 Å². The summed E-state index contributed by atoms with van der Waals surface area (Å²) in [5.41, 5.74) is 9.85. The van der Waals surface area contributed by atoms with Crippen molar-refractivity contribution < 1.29 is 4.74 Å². The second-order valence-electron chi connectivity index (χ2n) is 4.77. The summed E-state index contributed by atoms with van der Waals surface area (Å²) in [6.45, 7) is 9.28. The molecule has 2 heteroatoms. The van der Waals surface area contributed by atoms with E-state index in [1.807, 2.05) is 0 Å². The molecule has 0 heterocycles. The second kappa shape index (κ2) is 6.65. The lowest BCUT2D eigenvalue weighted by Crippen LogP contribution is -2.21. The van der Waals surface area contributed by atoms with Crippen LogP contribution in [0.3, 0.4) is 0 Å². The van der Waals surface area contributed by atoms with Gasteiger partial charge in [-0.15, -0.1) is 0 Å². The second-order valence-corrected chi connectivity index (χ2v) is 4.77. The van der Waals surface area contributed by atoms with Crippen LogP contribution >= 0.6 is 0 Å². The van der Waals surface area contributed by atoms with Crippen molar-refractivity contribution in [3.63, 3.8) is 0 Å². The van der Waals surface area contributed by atoms with E-state index in [1.165, 1.54) is 16.7 Å². The van der Waals surface area contributed by atoms with Crippen molar-refractivity contribution in [1.82, 2.24) is 0 Å². The summed E-state index contributed by atoms with van der Waals surface area (Å²) in [6, 6.07) is 4.62. The maximum atomic E-state index is 6.01. The Labute approximate surface area is 105 Å². The van der Waals surface area contributed by atoms with E-state index in [1.54, 1.807) is 0 Å². The van der Waals surface area contributed by atoms with Gasteiger partial charge in [-0.2, -0.15) is 0 Å². The molecule has 0 bridgehead atoms. The van der Waals surface area contributed by atoms with Gasteiger partial charge in [0.1, 0.15) is 5.75 Å². The van der Waals surface area contributed by atoms with Crippen molar-refractivity contribution in [2.75, 3.05) is 6.61 Å². The van der Waals surface area contributed by atoms with Crippen LogP contribution in [-0.4, -0.2) is 12.6 Å². The minimum atomic E-state index is 0.260. The average molecular weight is 235 g/mol. The molecule has 96 valence electrons. The predicted octanol–water partition coefficient (Wildman–Crippen LogP) is 3.37. The smallest absolute Gasteiger partial charge is 0.122 e. The molecule has 17 heavy (non-hydrogen) atoms. The summed E-state index contributed by atoms with van der Waals surface area (Å²) in [7, 11) is 0. The lowest BCUT2D eigenvalue weighted by Gasteiger charge is -2.15. The van der Waals surface area contributed by atoms with Crippen LogP contribution in [0.5, 0.6) is 5.75 Å². The van der Waals surface area contributed by atoms with Crippen LogP contribution in [0.25, 0.3) is 0 Å². The zero-order valence-corrected chi connectivity index (χ0v) is 11.5. The van der Waals surface area contributed by atoms with Gasteiger partial charge < -0.3 is 10.5 Å². The van der Waals surface area contributed by atoms with E-state index in [0.29, 0.717) is 0 Å². The number of rotatable bonds is 6. The highest BCUT2D eigenvalue weighted by molar-refractivity contribution is 5.41. The molecule has 0 radical (unpaired) electrons.